The molecule has 0 spiro atoms. The largest absolute Gasteiger partial charge is 0.345 e. The maximum atomic E-state index is 12.7. The van der Waals surface area contributed by atoms with Gasteiger partial charge in [0.15, 0.2) is 0 Å². The molecule has 0 aliphatic heterocycles. The van der Waals surface area contributed by atoms with Crippen molar-refractivity contribution in [3.63, 3.8) is 0 Å². The van der Waals surface area contributed by atoms with Crippen molar-refractivity contribution in [1.82, 2.24) is 9.88 Å². The first kappa shape index (κ1) is 18.7. The minimum atomic E-state index is 0. The zero-order valence-electron chi connectivity index (χ0n) is 14.0. The number of hydrogen-bond donors (Lipinski definition) is 1. The molecule has 1 aromatic heterocycles. The Hall–Kier alpha value is -0.650. The van der Waals surface area contributed by atoms with E-state index in [2.05, 4.69) is 11.9 Å². The highest BCUT2D eigenvalue weighted by Crippen LogP contribution is 2.42. The fourth-order valence-electron chi connectivity index (χ4n) is 4.19. The molecule has 23 heavy (non-hydrogen) atoms. The summed E-state index contributed by atoms with van der Waals surface area (Å²) >= 11 is 1.73. The summed E-state index contributed by atoms with van der Waals surface area (Å²) < 4.78 is 0. The van der Waals surface area contributed by atoms with Crippen molar-refractivity contribution < 1.29 is 4.79 Å². The number of carbonyl (C=O) groups excluding carboxylic acids is 1. The van der Waals surface area contributed by atoms with Gasteiger partial charge >= 0.3 is 0 Å². The molecule has 2 aliphatic carbocycles. The van der Waals surface area contributed by atoms with Crippen LogP contribution in [0.1, 0.15) is 42.0 Å². The molecule has 1 amide bonds. The number of hydrogen-bond acceptors (Lipinski definition) is 4. The molecule has 0 saturated heterocycles. The topological polar surface area (TPSA) is 59.2 Å². The quantitative estimate of drug-likeness (QED) is 0.901. The van der Waals surface area contributed by atoms with Crippen molar-refractivity contribution >= 4 is 29.7 Å². The van der Waals surface area contributed by atoms with Gasteiger partial charge in [-0.1, -0.05) is 6.42 Å². The molecular weight excluding hydrogens is 330 g/mol. The van der Waals surface area contributed by atoms with Crippen LogP contribution < -0.4 is 5.73 Å². The number of aromatic nitrogens is 1. The second-order valence-electron chi connectivity index (χ2n) is 7.07. The summed E-state index contributed by atoms with van der Waals surface area (Å²) in [5, 5.41) is 1.12. The molecule has 130 valence electrons. The third-order valence-electron chi connectivity index (χ3n) is 5.47. The lowest BCUT2D eigenvalue weighted by molar-refractivity contribution is -0.137. The smallest absolute Gasteiger partial charge is 0.225 e. The molecule has 2 fully saturated rings. The van der Waals surface area contributed by atoms with E-state index in [1.807, 2.05) is 18.1 Å². The Morgan fingerprint density at radius 3 is 2.61 bits per heavy atom. The molecular formula is C17H28ClN3OS. The van der Waals surface area contributed by atoms with E-state index in [0.717, 1.165) is 30.8 Å². The molecule has 0 radical (unpaired) electrons. The molecule has 3 rings (SSSR count). The van der Waals surface area contributed by atoms with Crippen LogP contribution in [0.5, 0.6) is 0 Å². The highest BCUT2D eigenvalue weighted by Gasteiger charge is 2.41. The molecule has 2 N–H and O–H groups in total. The molecule has 0 aromatic carbocycles. The van der Waals surface area contributed by atoms with Gasteiger partial charge in [0.25, 0.3) is 0 Å². The number of rotatable bonds is 4. The Kier molecular flexibility index (Phi) is 6.46. The van der Waals surface area contributed by atoms with Gasteiger partial charge in [0, 0.05) is 43.0 Å². The highest BCUT2D eigenvalue weighted by atomic mass is 35.5. The number of halogens is 1. The number of carbonyl (C=O) groups is 1. The summed E-state index contributed by atoms with van der Waals surface area (Å²) in [6.45, 7) is 2.84. The van der Waals surface area contributed by atoms with Crippen LogP contribution in [0.15, 0.2) is 6.20 Å². The van der Waals surface area contributed by atoms with Crippen LogP contribution in [0.4, 0.5) is 0 Å². The van der Waals surface area contributed by atoms with Gasteiger partial charge in [0.1, 0.15) is 0 Å². The average molecular weight is 358 g/mol. The van der Waals surface area contributed by atoms with E-state index in [4.69, 9.17) is 5.73 Å². The van der Waals surface area contributed by atoms with Gasteiger partial charge < -0.3 is 10.6 Å². The molecule has 4 nitrogen and oxygen atoms in total. The Morgan fingerprint density at radius 2 is 2.04 bits per heavy atom. The van der Waals surface area contributed by atoms with Crippen LogP contribution >= 0.6 is 23.7 Å². The van der Waals surface area contributed by atoms with Crippen LogP contribution in [0, 0.1) is 24.7 Å². The van der Waals surface area contributed by atoms with Crippen LogP contribution in [0.25, 0.3) is 0 Å². The Balaban J connectivity index is 0.00000192. The zero-order chi connectivity index (χ0) is 15.7. The fourth-order valence-corrected chi connectivity index (χ4v) is 4.97. The minimum absolute atomic E-state index is 0. The van der Waals surface area contributed by atoms with Crippen molar-refractivity contribution in [1.29, 1.82) is 0 Å². The molecule has 2 saturated carbocycles. The Morgan fingerprint density at radius 1 is 1.39 bits per heavy atom. The molecule has 6 heteroatoms. The summed E-state index contributed by atoms with van der Waals surface area (Å²) in [5.41, 5.74) is 6.33. The van der Waals surface area contributed by atoms with E-state index < -0.39 is 0 Å². The lowest BCUT2D eigenvalue weighted by Gasteiger charge is -2.44. The number of fused-ring (bicyclic) bond motifs is 2. The number of nitrogens with two attached hydrogens (primary N) is 1. The number of likely N-dealkylation sites (N-methyl/N-ethyl adjacent to an activating group) is 1. The first-order valence-corrected chi connectivity index (χ1v) is 9.28. The van der Waals surface area contributed by atoms with Crippen molar-refractivity contribution in [2.45, 2.75) is 51.5 Å². The summed E-state index contributed by atoms with van der Waals surface area (Å²) in [5.74, 6) is 1.64. The molecule has 1 heterocycles. The van der Waals surface area contributed by atoms with E-state index in [-0.39, 0.29) is 18.3 Å². The monoisotopic (exact) mass is 357 g/mol. The lowest BCUT2D eigenvalue weighted by Crippen LogP contribution is -2.49. The Bertz CT molecular complexity index is 522. The predicted molar refractivity (Wildman–Crippen MR) is 97.0 cm³/mol. The molecule has 2 aliphatic rings. The van der Waals surface area contributed by atoms with E-state index in [0.29, 0.717) is 23.8 Å². The summed E-state index contributed by atoms with van der Waals surface area (Å²) in [7, 11) is 1.94. The minimum Gasteiger partial charge on any atom is -0.345 e. The third-order valence-corrected chi connectivity index (χ3v) is 6.44. The van der Waals surface area contributed by atoms with E-state index in [1.165, 1.54) is 24.1 Å². The fraction of sp³-hybridized carbons (Fsp3) is 0.765. The lowest BCUT2D eigenvalue weighted by atomic mass is 9.65. The average Bonchev–Trinajstić information content (AvgIpc) is 2.89. The van der Waals surface area contributed by atoms with Gasteiger partial charge in [-0.3, -0.25) is 4.79 Å². The van der Waals surface area contributed by atoms with Crippen LogP contribution in [0.2, 0.25) is 0 Å². The molecule has 2 unspecified atom stereocenters. The summed E-state index contributed by atoms with van der Waals surface area (Å²) in [6.07, 6.45) is 8.48. The number of nitrogens with zero attached hydrogens (tertiary/aromatic N) is 2. The van der Waals surface area contributed by atoms with Crippen molar-refractivity contribution in [3.05, 3.63) is 16.1 Å². The van der Waals surface area contributed by atoms with Crippen LogP contribution in [-0.2, 0) is 11.2 Å². The van der Waals surface area contributed by atoms with Gasteiger partial charge in [-0.2, -0.15) is 0 Å². The van der Waals surface area contributed by atoms with Crippen molar-refractivity contribution in [2.24, 2.45) is 23.5 Å². The standard InChI is InChI=1S/C17H27N3OS.ClH/c1-11-10-19-15(22-11)6-7-20(2)17(21)14-8-12-4-3-5-13(9-14)16(12)18;/h10,12-14,16H,3-9,18H2,1-2H3;1H. The van der Waals surface area contributed by atoms with Gasteiger partial charge in [-0.25, -0.2) is 4.98 Å². The first-order valence-electron chi connectivity index (χ1n) is 8.46. The van der Waals surface area contributed by atoms with Gasteiger partial charge in [0.2, 0.25) is 5.91 Å². The number of thiazole rings is 1. The van der Waals surface area contributed by atoms with Crippen molar-refractivity contribution in [3.8, 4) is 0 Å². The number of amides is 1. The molecule has 2 bridgehead atoms. The Labute approximate surface area is 149 Å². The third kappa shape index (κ3) is 4.25. The number of aryl methyl sites for hydroxylation is 1. The maximum absolute atomic E-state index is 12.7. The van der Waals surface area contributed by atoms with E-state index >= 15 is 0 Å². The zero-order valence-corrected chi connectivity index (χ0v) is 15.7. The first-order chi connectivity index (χ1) is 10.5. The SMILES string of the molecule is Cc1cnc(CCN(C)C(=O)C2CC3CCCC(C2)C3N)s1.Cl. The van der Waals surface area contributed by atoms with Crippen LogP contribution in [-0.4, -0.2) is 35.4 Å². The van der Waals surface area contributed by atoms with E-state index in [9.17, 15) is 4.79 Å². The van der Waals surface area contributed by atoms with Crippen LogP contribution in [0.3, 0.4) is 0 Å². The van der Waals surface area contributed by atoms with Crippen molar-refractivity contribution in [2.75, 3.05) is 13.6 Å². The molecule has 1 aromatic rings. The predicted octanol–water partition coefficient (Wildman–Crippen LogP) is 3.03. The van der Waals surface area contributed by atoms with Gasteiger partial charge in [-0.15, -0.1) is 23.7 Å². The maximum Gasteiger partial charge on any atom is 0.225 e. The highest BCUT2D eigenvalue weighted by molar-refractivity contribution is 7.11. The second-order valence-corrected chi connectivity index (χ2v) is 8.39. The van der Waals surface area contributed by atoms with E-state index in [1.54, 1.807) is 11.3 Å². The van der Waals surface area contributed by atoms with Gasteiger partial charge in [-0.05, 0) is 44.4 Å². The summed E-state index contributed by atoms with van der Waals surface area (Å²) in [4.78, 5) is 20.3. The van der Waals surface area contributed by atoms with Gasteiger partial charge in [0.05, 0.1) is 5.01 Å². The molecule has 2 atom stereocenters. The second kappa shape index (κ2) is 7.95. The normalized spacial score (nSPS) is 29.7. The summed E-state index contributed by atoms with van der Waals surface area (Å²) in [6, 6.07) is 0.335.